The van der Waals surface area contributed by atoms with Crippen LogP contribution >= 0.6 is 21.6 Å². The van der Waals surface area contributed by atoms with Crippen molar-refractivity contribution >= 4 is 21.6 Å². The first-order valence-electron chi connectivity index (χ1n) is 11.8. The molecule has 0 aromatic carbocycles. The van der Waals surface area contributed by atoms with Crippen molar-refractivity contribution in [2.45, 2.75) is 92.4 Å². The lowest BCUT2D eigenvalue weighted by Crippen LogP contribution is -2.36. The third-order valence-electron chi connectivity index (χ3n) is 5.57. The van der Waals surface area contributed by atoms with Crippen LogP contribution in [0.15, 0.2) is 11.6 Å². The highest BCUT2D eigenvalue weighted by Gasteiger charge is 2.07. The first-order chi connectivity index (χ1) is 13.1. The molecule has 0 saturated heterocycles. The van der Waals surface area contributed by atoms with Crippen molar-refractivity contribution < 1.29 is 4.48 Å². The SMILES string of the molecule is C/C(=C\CSSCC[N+](C)(C)C)CCCC(C)CCCC(C)CCCC(C)C. The van der Waals surface area contributed by atoms with Crippen LogP contribution in [0.2, 0.25) is 0 Å². The third-order valence-corrected chi connectivity index (χ3v) is 7.80. The number of hydrogen-bond donors (Lipinski definition) is 0. The van der Waals surface area contributed by atoms with E-state index in [0.29, 0.717) is 0 Å². The second-order valence-electron chi connectivity index (χ2n) is 10.5. The summed E-state index contributed by atoms with van der Waals surface area (Å²) in [5.41, 5.74) is 1.59. The van der Waals surface area contributed by atoms with Crippen molar-refractivity contribution in [3.63, 3.8) is 0 Å². The summed E-state index contributed by atoms with van der Waals surface area (Å²) in [4.78, 5) is 0. The van der Waals surface area contributed by atoms with E-state index in [0.717, 1.165) is 28.0 Å². The zero-order chi connectivity index (χ0) is 21.4. The van der Waals surface area contributed by atoms with Gasteiger partial charge in [0.1, 0.15) is 0 Å². The molecule has 0 aliphatic rings. The van der Waals surface area contributed by atoms with Crippen LogP contribution in [0.3, 0.4) is 0 Å². The topological polar surface area (TPSA) is 0 Å². The lowest BCUT2D eigenvalue weighted by Gasteiger charge is -2.23. The van der Waals surface area contributed by atoms with Crippen LogP contribution in [-0.4, -0.2) is 43.7 Å². The van der Waals surface area contributed by atoms with Crippen molar-refractivity contribution in [3.8, 4) is 0 Å². The molecule has 0 aromatic rings. The average Bonchev–Trinajstić information content (AvgIpc) is 2.56. The molecule has 168 valence electrons. The Morgan fingerprint density at radius 3 is 1.86 bits per heavy atom. The Kier molecular flexibility index (Phi) is 17.4. The van der Waals surface area contributed by atoms with E-state index >= 15 is 0 Å². The predicted molar refractivity (Wildman–Crippen MR) is 136 cm³/mol. The Morgan fingerprint density at radius 2 is 1.32 bits per heavy atom. The molecule has 0 bridgehead atoms. The molecule has 0 spiro atoms. The van der Waals surface area contributed by atoms with Crippen molar-refractivity contribution in [3.05, 3.63) is 11.6 Å². The number of rotatable bonds is 18. The van der Waals surface area contributed by atoms with Crippen molar-refractivity contribution in [1.82, 2.24) is 0 Å². The maximum Gasteiger partial charge on any atom is 0.0880 e. The molecule has 1 nitrogen and oxygen atoms in total. The van der Waals surface area contributed by atoms with Crippen LogP contribution < -0.4 is 0 Å². The van der Waals surface area contributed by atoms with Gasteiger partial charge in [0.25, 0.3) is 0 Å². The molecular formula is C25H52NS2+. The fraction of sp³-hybridized carbons (Fsp3) is 0.920. The molecule has 0 aromatic heterocycles. The molecular weight excluding hydrogens is 378 g/mol. The molecule has 0 amide bonds. The minimum atomic E-state index is 0.870. The van der Waals surface area contributed by atoms with Crippen LogP contribution in [0.1, 0.15) is 92.4 Å². The summed E-state index contributed by atoms with van der Waals surface area (Å²) in [5.74, 6) is 5.10. The molecule has 0 rings (SSSR count). The summed E-state index contributed by atoms with van der Waals surface area (Å²) >= 11 is 0. The van der Waals surface area contributed by atoms with Gasteiger partial charge in [0.05, 0.1) is 33.4 Å². The van der Waals surface area contributed by atoms with E-state index in [1.165, 1.54) is 70.1 Å². The van der Waals surface area contributed by atoms with E-state index in [2.05, 4.69) is 61.8 Å². The summed E-state index contributed by atoms with van der Waals surface area (Å²) < 4.78 is 1.07. The first kappa shape index (κ1) is 28.4. The Bertz CT molecular complexity index is 384. The van der Waals surface area contributed by atoms with E-state index in [9.17, 15) is 0 Å². The van der Waals surface area contributed by atoms with Gasteiger partial charge in [-0.15, -0.1) is 0 Å². The molecule has 0 fully saturated rings. The van der Waals surface area contributed by atoms with E-state index in [-0.39, 0.29) is 0 Å². The maximum absolute atomic E-state index is 2.46. The molecule has 0 N–H and O–H groups in total. The number of allylic oxidation sites excluding steroid dienone is 1. The van der Waals surface area contributed by atoms with E-state index in [1.54, 1.807) is 5.57 Å². The maximum atomic E-state index is 2.46. The van der Waals surface area contributed by atoms with Crippen LogP contribution in [0, 0.1) is 17.8 Å². The summed E-state index contributed by atoms with van der Waals surface area (Å²) in [5, 5.41) is 0. The molecule has 0 heterocycles. The quantitative estimate of drug-likeness (QED) is 0.0925. The Hall–Kier alpha value is 0.400. The summed E-state index contributed by atoms with van der Waals surface area (Å²) in [6.45, 7) is 13.2. The van der Waals surface area contributed by atoms with Crippen LogP contribution in [0.4, 0.5) is 0 Å². The van der Waals surface area contributed by atoms with E-state index in [4.69, 9.17) is 0 Å². The van der Waals surface area contributed by atoms with E-state index < -0.39 is 0 Å². The summed E-state index contributed by atoms with van der Waals surface area (Å²) in [6, 6.07) is 0. The zero-order valence-electron chi connectivity index (χ0n) is 20.6. The lowest BCUT2D eigenvalue weighted by atomic mass is 9.91. The van der Waals surface area contributed by atoms with Gasteiger partial charge in [-0.3, -0.25) is 0 Å². The zero-order valence-corrected chi connectivity index (χ0v) is 22.2. The van der Waals surface area contributed by atoms with Gasteiger partial charge in [-0.25, -0.2) is 0 Å². The van der Waals surface area contributed by atoms with Gasteiger partial charge in [-0.2, -0.15) is 0 Å². The second kappa shape index (κ2) is 17.1. The van der Waals surface area contributed by atoms with E-state index in [1.807, 2.05) is 21.6 Å². The molecule has 28 heavy (non-hydrogen) atoms. The van der Waals surface area contributed by atoms with Gasteiger partial charge in [0.2, 0.25) is 0 Å². The minimum absolute atomic E-state index is 0.870. The smallest absolute Gasteiger partial charge is 0.0880 e. The normalized spacial score (nSPS) is 15.2. The number of quaternary nitrogens is 1. The second-order valence-corrected chi connectivity index (χ2v) is 13.2. The van der Waals surface area contributed by atoms with Crippen molar-refractivity contribution in [2.75, 3.05) is 39.2 Å². The molecule has 0 saturated carbocycles. The van der Waals surface area contributed by atoms with Crippen LogP contribution in [-0.2, 0) is 0 Å². The highest BCUT2D eigenvalue weighted by molar-refractivity contribution is 8.76. The third kappa shape index (κ3) is 21.1. The Balaban J connectivity index is 3.61. The van der Waals surface area contributed by atoms with Gasteiger partial charge >= 0.3 is 0 Å². The molecule has 2 unspecified atom stereocenters. The lowest BCUT2D eigenvalue weighted by molar-refractivity contribution is -0.867. The fourth-order valence-corrected chi connectivity index (χ4v) is 5.66. The molecule has 3 heteroatoms. The molecule has 2 atom stereocenters. The predicted octanol–water partition coefficient (Wildman–Crippen LogP) is 8.46. The fourth-order valence-electron chi connectivity index (χ4n) is 3.40. The van der Waals surface area contributed by atoms with Gasteiger partial charge in [0, 0.05) is 5.75 Å². The monoisotopic (exact) mass is 430 g/mol. The minimum Gasteiger partial charge on any atom is -0.330 e. The highest BCUT2D eigenvalue weighted by atomic mass is 33.1. The molecule has 0 radical (unpaired) electrons. The summed E-state index contributed by atoms with van der Waals surface area (Å²) in [6.07, 6.45) is 15.1. The van der Waals surface area contributed by atoms with Crippen LogP contribution in [0.5, 0.6) is 0 Å². The van der Waals surface area contributed by atoms with Gasteiger partial charge in [-0.05, 0) is 37.5 Å². The highest BCUT2D eigenvalue weighted by Crippen LogP contribution is 2.24. The van der Waals surface area contributed by atoms with Gasteiger partial charge in [-0.1, -0.05) is 106 Å². The largest absolute Gasteiger partial charge is 0.330 e. The number of hydrogen-bond acceptors (Lipinski definition) is 2. The Morgan fingerprint density at radius 1 is 0.786 bits per heavy atom. The van der Waals surface area contributed by atoms with Crippen LogP contribution in [0.25, 0.3) is 0 Å². The van der Waals surface area contributed by atoms with Gasteiger partial charge < -0.3 is 4.48 Å². The van der Waals surface area contributed by atoms with Crippen molar-refractivity contribution in [2.24, 2.45) is 17.8 Å². The first-order valence-corrected chi connectivity index (χ1v) is 14.3. The molecule has 0 aliphatic carbocycles. The Labute approximate surface area is 186 Å². The average molecular weight is 431 g/mol. The number of nitrogens with zero attached hydrogens (tertiary/aromatic N) is 1. The van der Waals surface area contributed by atoms with Gasteiger partial charge in [0.15, 0.2) is 0 Å². The standard InChI is InChI=1S/C25H52NS2/c1-22(2)12-9-13-23(3)14-10-15-24(4)16-11-17-25(5)18-20-27-28-21-19-26(6,7)8/h18,22-24H,9-17,19-21H2,1-8H3/q+1/b25-18+. The van der Waals surface area contributed by atoms with Crippen molar-refractivity contribution in [1.29, 1.82) is 0 Å². The molecule has 0 aliphatic heterocycles. The summed E-state index contributed by atoms with van der Waals surface area (Å²) in [7, 11) is 10.8.